The number of thiophene rings is 1. The molecule has 0 spiro atoms. The molecule has 1 aromatic heterocycles. The molecule has 0 fully saturated rings. The number of benzene rings is 1. The molecule has 0 N–H and O–H groups in total. The second-order valence-corrected chi connectivity index (χ2v) is 7.26. The van der Waals surface area contributed by atoms with Gasteiger partial charge in [-0.15, -0.1) is 0 Å². The zero-order chi connectivity index (χ0) is 19.7. The Morgan fingerprint density at radius 2 is 1.81 bits per heavy atom. The molecule has 2 heterocycles. The number of esters is 1. The predicted molar refractivity (Wildman–Crippen MR) is 96.3 cm³/mol. The first-order valence-corrected chi connectivity index (χ1v) is 9.04. The zero-order valence-electron chi connectivity index (χ0n) is 14.6. The van der Waals surface area contributed by atoms with Crippen LogP contribution in [0.3, 0.4) is 0 Å². The Morgan fingerprint density at radius 3 is 2.30 bits per heavy atom. The second kappa shape index (κ2) is 7.28. The van der Waals surface area contributed by atoms with Gasteiger partial charge in [-0.1, -0.05) is 37.3 Å². The minimum absolute atomic E-state index is 0.0539. The number of nitrogens with zero attached hydrogens (tertiary/aromatic N) is 2. The minimum atomic E-state index is -1.08. The first-order valence-electron chi connectivity index (χ1n) is 8.16. The summed E-state index contributed by atoms with van der Waals surface area (Å²) in [6, 6.07) is 6.64. The Bertz CT molecular complexity index is 900. The number of carbonyl (C=O) groups is 3. The summed E-state index contributed by atoms with van der Waals surface area (Å²) in [5, 5.41) is 12.2. The lowest BCUT2D eigenvalue weighted by molar-refractivity contribution is -0.380. The largest absolute Gasteiger partial charge is 0.459 e. The fourth-order valence-corrected chi connectivity index (χ4v) is 3.62. The zero-order valence-corrected chi connectivity index (χ0v) is 15.4. The molecule has 0 saturated heterocycles. The second-order valence-electron chi connectivity index (χ2n) is 6.37. The van der Waals surface area contributed by atoms with Crippen LogP contribution < -0.4 is 0 Å². The van der Waals surface area contributed by atoms with Crippen molar-refractivity contribution in [3.05, 3.63) is 62.5 Å². The van der Waals surface area contributed by atoms with E-state index >= 15 is 0 Å². The third kappa shape index (κ3) is 3.45. The van der Waals surface area contributed by atoms with Crippen LogP contribution in [-0.2, 0) is 16.1 Å². The highest BCUT2D eigenvalue weighted by atomic mass is 32.1. The molecule has 2 amide bonds. The van der Waals surface area contributed by atoms with E-state index in [0.29, 0.717) is 5.56 Å². The van der Waals surface area contributed by atoms with Crippen LogP contribution in [0.2, 0.25) is 0 Å². The molecule has 0 unspecified atom stereocenters. The van der Waals surface area contributed by atoms with E-state index in [2.05, 4.69) is 0 Å². The summed E-state index contributed by atoms with van der Waals surface area (Å²) in [4.78, 5) is 49.0. The van der Waals surface area contributed by atoms with Crippen molar-refractivity contribution in [1.82, 2.24) is 4.90 Å². The van der Waals surface area contributed by atoms with E-state index in [-0.39, 0.29) is 28.7 Å². The number of rotatable bonds is 6. The van der Waals surface area contributed by atoms with Gasteiger partial charge in [-0.25, -0.2) is 4.79 Å². The maximum absolute atomic E-state index is 12.6. The Morgan fingerprint density at radius 1 is 1.22 bits per heavy atom. The SMILES string of the molecule is CC(C)[C@@H](C(=O)OCc1csc([N+](=O)[O-])c1)N1C(=O)c2ccccc2C1=O. The fraction of sp³-hybridized carbons (Fsp3) is 0.278. The molecule has 8 nitrogen and oxygen atoms in total. The lowest BCUT2D eigenvalue weighted by Crippen LogP contribution is -2.48. The van der Waals surface area contributed by atoms with Gasteiger partial charge in [0.25, 0.3) is 11.8 Å². The van der Waals surface area contributed by atoms with E-state index in [4.69, 9.17) is 4.74 Å². The topological polar surface area (TPSA) is 107 Å². The van der Waals surface area contributed by atoms with Gasteiger partial charge in [0.2, 0.25) is 0 Å². The van der Waals surface area contributed by atoms with Gasteiger partial charge >= 0.3 is 11.0 Å². The van der Waals surface area contributed by atoms with E-state index in [1.54, 1.807) is 38.1 Å². The molecule has 9 heteroatoms. The van der Waals surface area contributed by atoms with Gasteiger partial charge in [0, 0.05) is 17.0 Å². The standard InChI is InChI=1S/C18H16N2O6S/c1-10(2)15(18(23)26-8-11-7-14(20(24)25)27-9-11)19-16(21)12-5-3-4-6-13(12)17(19)22/h3-7,9-10,15H,8H2,1-2H3/t15-/m0/s1. The molecule has 0 bridgehead atoms. The summed E-state index contributed by atoms with van der Waals surface area (Å²) in [5.41, 5.74) is 0.994. The van der Waals surface area contributed by atoms with Crippen LogP contribution in [0.25, 0.3) is 0 Å². The van der Waals surface area contributed by atoms with E-state index in [9.17, 15) is 24.5 Å². The Kier molecular flexibility index (Phi) is 5.04. The Labute approximate surface area is 158 Å². The van der Waals surface area contributed by atoms with Gasteiger partial charge in [0.1, 0.15) is 12.6 Å². The molecule has 140 valence electrons. The van der Waals surface area contributed by atoms with Crippen LogP contribution >= 0.6 is 11.3 Å². The molecule has 27 heavy (non-hydrogen) atoms. The number of nitro groups is 1. The summed E-state index contributed by atoms with van der Waals surface area (Å²) in [6.45, 7) is 3.26. The van der Waals surface area contributed by atoms with E-state index in [0.717, 1.165) is 16.2 Å². The number of hydrogen-bond acceptors (Lipinski definition) is 7. The summed E-state index contributed by atoms with van der Waals surface area (Å²) < 4.78 is 5.25. The third-order valence-corrected chi connectivity index (χ3v) is 5.11. The third-order valence-electron chi connectivity index (χ3n) is 4.18. The van der Waals surface area contributed by atoms with Crippen LogP contribution in [0.1, 0.15) is 40.1 Å². The molecule has 1 aliphatic rings. The van der Waals surface area contributed by atoms with Gasteiger partial charge in [-0.2, -0.15) is 0 Å². The van der Waals surface area contributed by atoms with Crippen LogP contribution in [0.15, 0.2) is 35.7 Å². The fourth-order valence-electron chi connectivity index (χ4n) is 2.91. The number of hydrogen-bond donors (Lipinski definition) is 0. The van der Waals surface area contributed by atoms with Gasteiger partial charge in [0.05, 0.1) is 16.1 Å². The molecule has 1 aliphatic heterocycles. The average molecular weight is 388 g/mol. The molecule has 0 aliphatic carbocycles. The molecular weight excluding hydrogens is 372 g/mol. The predicted octanol–water partition coefficient (Wildman–Crippen LogP) is 3.02. The van der Waals surface area contributed by atoms with Crippen LogP contribution in [0.5, 0.6) is 0 Å². The Balaban J connectivity index is 1.77. The molecule has 1 atom stereocenters. The molecular formula is C18H16N2O6S. The number of imide groups is 1. The smallest absolute Gasteiger partial charge is 0.329 e. The normalized spacial score (nSPS) is 14.4. The summed E-state index contributed by atoms with van der Waals surface area (Å²) in [6.07, 6.45) is 0. The lowest BCUT2D eigenvalue weighted by atomic mass is 10.0. The number of carbonyl (C=O) groups excluding carboxylic acids is 3. The van der Waals surface area contributed by atoms with Gasteiger partial charge in [-0.3, -0.25) is 24.6 Å². The van der Waals surface area contributed by atoms with Crippen molar-refractivity contribution >= 4 is 34.1 Å². The van der Waals surface area contributed by atoms with Crippen molar-refractivity contribution in [1.29, 1.82) is 0 Å². The lowest BCUT2D eigenvalue weighted by Gasteiger charge is -2.27. The number of ether oxygens (including phenoxy) is 1. The van der Waals surface area contributed by atoms with Crippen molar-refractivity contribution in [2.75, 3.05) is 0 Å². The summed E-state index contributed by atoms with van der Waals surface area (Å²) in [7, 11) is 0. The first kappa shape index (κ1) is 18.7. The van der Waals surface area contributed by atoms with E-state index in [1.165, 1.54) is 11.4 Å². The maximum atomic E-state index is 12.6. The van der Waals surface area contributed by atoms with E-state index in [1.807, 2.05) is 0 Å². The van der Waals surface area contributed by atoms with Crippen LogP contribution in [0.4, 0.5) is 5.00 Å². The molecule has 0 saturated carbocycles. The minimum Gasteiger partial charge on any atom is -0.459 e. The van der Waals surface area contributed by atoms with Crippen molar-refractivity contribution in [2.24, 2.45) is 5.92 Å². The maximum Gasteiger partial charge on any atom is 0.329 e. The average Bonchev–Trinajstić information content (AvgIpc) is 3.20. The van der Waals surface area contributed by atoms with Crippen molar-refractivity contribution in [3.8, 4) is 0 Å². The summed E-state index contributed by atoms with van der Waals surface area (Å²) >= 11 is 0.933. The van der Waals surface area contributed by atoms with Crippen LogP contribution in [-0.4, -0.2) is 33.6 Å². The summed E-state index contributed by atoms with van der Waals surface area (Å²) in [5.74, 6) is -2.15. The quantitative estimate of drug-likeness (QED) is 0.326. The Hall–Kier alpha value is -3.07. The first-order chi connectivity index (χ1) is 12.8. The van der Waals surface area contributed by atoms with E-state index < -0.39 is 28.7 Å². The molecule has 2 aromatic rings. The van der Waals surface area contributed by atoms with Crippen molar-refractivity contribution < 1.29 is 24.0 Å². The number of amides is 2. The highest BCUT2D eigenvalue weighted by molar-refractivity contribution is 7.13. The molecule has 1 aromatic carbocycles. The van der Waals surface area contributed by atoms with Gasteiger partial charge in [-0.05, 0) is 18.1 Å². The molecule has 3 rings (SSSR count). The van der Waals surface area contributed by atoms with Gasteiger partial charge < -0.3 is 4.74 Å². The molecule has 0 radical (unpaired) electrons. The van der Waals surface area contributed by atoms with Crippen molar-refractivity contribution in [2.45, 2.75) is 26.5 Å². The highest BCUT2D eigenvalue weighted by Gasteiger charge is 2.44. The number of fused-ring (bicyclic) bond motifs is 1. The monoisotopic (exact) mass is 388 g/mol. The van der Waals surface area contributed by atoms with Gasteiger partial charge in [0.15, 0.2) is 0 Å². The highest BCUT2D eigenvalue weighted by Crippen LogP contribution is 2.28. The van der Waals surface area contributed by atoms with Crippen molar-refractivity contribution in [3.63, 3.8) is 0 Å². The van der Waals surface area contributed by atoms with Crippen LogP contribution in [0, 0.1) is 16.0 Å².